The first-order valence-electron chi connectivity index (χ1n) is 6.85. The first kappa shape index (κ1) is 12.2. The molecule has 1 nitrogen and oxygen atoms in total. The van der Waals surface area contributed by atoms with Crippen LogP contribution in [0, 0.1) is 23.7 Å². The minimum absolute atomic E-state index is 0.370. The number of hydrogen-bond acceptors (Lipinski definition) is 1. The van der Waals surface area contributed by atoms with E-state index in [2.05, 4.69) is 33.8 Å². The van der Waals surface area contributed by atoms with Crippen LogP contribution in [0.15, 0.2) is 11.6 Å². The zero-order valence-corrected chi connectivity index (χ0v) is 11.2. The molecular formula is C15H26O. The van der Waals surface area contributed by atoms with Crippen LogP contribution in [0.5, 0.6) is 0 Å². The van der Waals surface area contributed by atoms with Crippen LogP contribution in [-0.4, -0.2) is 10.7 Å². The maximum atomic E-state index is 10.9. The van der Waals surface area contributed by atoms with Crippen molar-refractivity contribution in [2.45, 2.75) is 59.0 Å². The molecule has 1 heteroatoms. The molecule has 0 aromatic rings. The first-order chi connectivity index (χ1) is 7.45. The van der Waals surface area contributed by atoms with Gasteiger partial charge in [0.1, 0.15) is 0 Å². The molecule has 2 aliphatic carbocycles. The third-order valence-corrected chi connectivity index (χ3v) is 5.11. The van der Waals surface area contributed by atoms with Crippen molar-refractivity contribution >= 4 is 0 Å². The zero-order chi connectivity index (χ0) is 11.9. The second kappa shape index (κ2) is 4.18. The number of fused-ring (bicyclic) bond motifs is 1. The Hall–Kier alpha value is -0.300. The van der Waals surface area contributed by atoms with Crippen molar-refractivity contribution < 1.29 is 5.11 Å². The van der Waals surface area contributed by atoms with Gasteiger partial charge in [-0.1, -0.05) is 32.4 Å². The van der Waals surface area contributed by atoms with Crippen LogP contribution in [0.3, 0.4) is 0 Å². The molecule has 4 atom stereocenters. The number of aliphatic hydroxyl groups is 1. The molecule has 0 aromatic heterocycles. The van der Waals surface area contributed by atoms with Gasteiger partial charge in [-0.15, -0.1) is 0 Å². The van der Waals surface area contributed by atoms with Crippen LogP contribution in [-0.2, 0) is 0 Å². The Bertz CT molecular complexity index is 292. The van der Waals surface area contributed by atoms with Gasteiger partial charge in [0.15, 0.2) is 0 Å². The van der Waals surface area contributed by atoms with E-state index in [1.165, 1.54) is 24.8 Å². The van der Waals surface area contributed by atoms with Gasteiger partial charge in [0, 0.05) is 5.92 Å². The maximum Gasteiger partial charge on any atom is 0.0735 e. The summed E-state index contributed by atoms with van der Waals surface area (Å²) in [6, 6.07) is 0. The smallest absolute Gasteiger partial charge is 0.0735 e. The Labute approximate surface area is 99.9 Å². The van der Waals surface area contributed by atoms with Gasteiger partial charge in [-0.05, 0) is 50.4 Å². The fraction of sp³-hybridized carbons (Fsp3) is 0.867. The molecule has 0 saturated heterocycles. The van der Waals surface area contributed by atoms with Crippen molar-refractivity contribution in [3.05, 3.63) is 11.6 Å². The average molecular weight is 222 g/mol. The molecule has 0 aliphatic heterocycles. The van der Waals surface area contributed by atoms with Crippen LogP contribution >= 0.6 is 0 Å². The summed E-state index contributed by atoms with van der Waals surface area (Å²) in [7, 11) is 0. The summed E-state index contributed by atoms with van der Waals surface area (Å²) < 4.78 is 0. The normalized spacial score (nSPS) is 44.1. The number of hydrogen-bond donors (Lipinski definition) is 1. The highest BCUT2D eigenvalue weighted by Crippen LogP contribution is 2.50. The molecule has 16 heavy (non-hydrogen) atoms. The highest BCUT2D eigenvalue weighted by Gasteiger charge is 2.48. The van der Waals surface area contributed by atoms with Crippen LogP contribution in [0.1, 0.15) is 53.4 Å². The van der Waals surface area contributed by atoms with Gasteiger partial charge >= 0.3 is 0 Å². The summed E-state index contributed by atoms with van der Waals surface area (Å²) in [5.41, 5.74) is 1.04. The van der Waals surface area contributed by atoms with Crippen LogP contribution in [0.4, 0.5) is 0 Å². The Morgan fingerprint density at radius 3 is 2.69 bits per heavy atom. The average Bonchev–Trinajstić information content (AvgIpc) is 2.23. The fourth-order valence-electron chi connectivity index (χ4n) is 3.75. The largest absolute Gasteiger partial charge is 0.389 e. The Kier molecular flexibility index (Phi) is 3.18. The van der Waals surface area contributed by atoms with E-state index in [1.54, 1.807) is 0 Å². The molecule has 1 saturated carbocycles. The van der Waals surface area contributed by atoms with Crippen molar-refractivity contribution in [3.8, 4) is 0 Å². The van der Waals surface area contributed by atoms with E-state index in [4.69, 9.17) is 0 Å². The molecule has 0 heterocycles. The maximum absolute atomic E-state index is 10.9. The predicted octanol–water partition coefficient (Wildman–Crippen LogP) is 3.78. The van der Waals surface area contributed by atoms with Gasteiger partial charge in [-0.3, -0.25) is 0 Å². The van der Waals surface area contributed by atoms with Gasteiger partial charge in [0.05, 0.1) is 5.60 Å². The quantitative estimate of drug-likeness (QED) is 0.669. The van der Waals surface area contributed by atoms with Gasteiger partial charge in [0.2, 0.25) is 0 Å². The second-order valence-electron chi connectivity index (χ2n) is 6.40. The Balaban J connectivity index is 2.32. The Morgan fingerprint density at radius 1 is 1.38 bits per heavy atom. The minimum atomic E-state index is -0.446. The summed E-state index contributed by atoms with van der Waals surface area (Å²) >= 11 is 0. The lowest BCUT2D eigenvalue weighted by molar-refractivity contribution is -0.107. The van der Waals surface area contributed by atoms with Crippen molar-refractivity contribution in [2.24, 2.45) is 23.7 Å². The third-order valence-electron chi connectivity index (χ3n) is 5.11. The molecule has 0 aromatic carbocycles. The standard InChI is InChI=1S/C15H26O/c1-10(2)15(16)8-7-12(4)13-6-5-11(3)9-14(13)15/h9-10,12-14,16H,5-8H2,1-4H3/t12-,13+,14+,15+/m1/s1. The van der Waals surface area contributed by atoms with E-state index in [-0.39, 0.29) is 0 Å². The molecule has 92 valence electrons. The lowest BCUT2D eigenvalue weighted by Gasteiger charge is -2.50. The van der Waals surface area contributed by atoms with E-state index in [0.717, 1.165) is 12.3 Å². The van der Waals surface area contributed by atoms with Crippen LogP contribution in [0.25, 0.3) is 0 Å². The molecule has 1 N–H and O–H groups in total. The van der Waals surface area contributed by atoms with Crippen molar-refractivity contribution in [1.29, 1.82) is 0 Å². The SMILES string of the molecule is CC1=C[C@H]2[C@@H](CC1)[C@H](C)CC[C@]2(O)C(C)C. The number of rotatable bonds is 1. The predicted molar refractivity (Wildman–Crippen MR) is 68.2 cm³/mol. The molecule has 0 bridgehead atoms. The fourth-order valence-corrected chi connectivity index (χ4v) is 3.75. The minimum Gasteiger partial charge on any atom is -0.389 e. The molecule has 0 amide bonds. The van der Waals surface area contributed by atoms with Crippen LogP contribution in [0.2, 0.25) is 0 Å². The van der Waals surface area contributed by atoms with Gasteiger partial charge in [0.25, 0.3) is 0 Å². The summed E-state index contributed by atoms with van der Waals surface area (Å²) in [5.74, 6) is 2.28. The lowest BCUT2D eigenvalue weighted by Crippen LogP contribution is -2.51. The van der Waals surface area contributed by atoms with Gasteiger partial charge < -0.3 is 5.11 Å². The van der Waals surface area contributed by atoms with Crippen molar-refractivity contribution in [1.82, 2.24) is 0 Å². The van der Waals surface area contributed by atoms with E-state index in [9.17, 15) is 5.11 Å². The molecule has 0 unspecified atom stereocenters. The monoisotopic (exact) mass is 222 g/mol. The molecule has 0 radical (unpaired) electrons. The van der Waals surface area contributed by atoms with Gasteiger partial charge in [-0.25, -0.2) is 0 Å². The first-order valence-corrected chi connectivity index (χ1v) is 6.85. The topological polar surface area (TPSA) is 20.2 Å². The molecular weight excluding hydrogens is 196 g/mol. The Morgan fingerprint density at radius 2 is 2.06 bits per heavy atom. The van der Waals surface area contributed by atoms with Gasteiger partial charge in [-0.2, -0.15) is 0 Å². The van der Waals surface area contributed by atoms with E-state index >= 15 is 0 Å². The molecule has 1 fully saturated rings. The zero-order valence-electron chi connectivity index (χ0n) is 11.2. The lowest BCUT2D eigenvalue weighted by atomic mass is 9.58. The van der Waals surface area contributed by atoms with E-state index < -0.39 is 5.60 Å². The molecule has 2 rings (SSSR count). The highest BCUT2D eigenvalue weighted by molar-refractivity contribution is 5.15. The summed E-state index contributed by atoms with van der Waals surface area (Å²) in [5, 5.41) is 10.9. The van der Waals surface area contributed by atoms with Crippen molar-refractivity contribution in [2.75, 3.05) is 0 Å². The third kappa shape index (κ3) is 1.84. The van der Waals surface area contributed by atoms with Crippen LogP contribution < -0.4 is 0 Å². The summed E-state index contributed by atoms with van der Waals surface area (Å²) in [6.07, 6.45) is 7.08. The van der Waals surface area contributed by atoms with E-state index in [0.29, 0.717) is 17.8 Å². The second-order valence-corrected chi connectivity index (χ2v) is 6.40. The highest BCUT2D eigenvalue weighted by atomic mass is 16.3. The summed E-state index contributed by atoms with van der Waals surface area (Å²) in [6.45, 7) is 8.93. The molecule has 0 spiro atoms. The number of allylic oxidation sites excluding steroid dienone is 1. The molecule has 2 aliphatic rings. The van der Waals surface area contributed by atoms with E-state index in [1.807, 2.05) is 0 Å². The summed E-state index contributed by atoms with van der Waals surface area (Å²) in [4.78, 5) is 0. The van der Waals surface area contributed by atoms with Crippen molar-refractivity contribution in [3.63, 3.8) is 0 Å².